The summed E-state index contributed by atoms with van der Waals surface area (Å²) < 4.78 is 5.82. The van der Waals surface area contributed by atoms with E-state index in [9.17, 15) is 9.90 Å². The van der Waals surface area contributed by atoms with Gasteiger partial charge in [0.05, 0.1) is 0 Å². The third-order valence-electron chi connectivity index (χ3n) is 4.00. The summed E-state index contributed by atoms with van der Waals surface area (Å²) in [5, 5.41) is 10.7. The van der Waals surface area contributed by atoms with Gasteiger partial charge < -0.3 is 9.52 Å². The van der Waals surface area contributed by atoms with Crippen molar-refractivity contribution in [2.75, 3.05) is 0 Å². The lowest BCUT2D eigenvalue weighted by Crippen LogP contribution is -2.00. The summed E-state index contributed by atoms with van der Waals surface area (Å²) in [6, 6.07) is 10.7. The summed E-state index contributed by atoms with van der Waals surface area (Å²) in [6.45, 7) is 5.56. The molecule has 2 aromatic carbocycles. The SMILES string of the molecule is Cc1c(O)cc2c(C)c(C(=O)c3ccccc3)oc2c1C. The Kier molecular flexibility index (Phi) is 3.05. The van der Waals surface area contributed by atoms with Crippen molar-refractivity contribution in [1.29, 1.82) is 0 Å². The predicted molar refractivity (Wildman–Crippen MR) is 82.0 cm³/mol. The molecule has 0 saturated heterocycles. The normalized spacial score (nSPS) is 11.0. The third kappa shape index (κ3) is 2.02. The second kappa shape index (κ2) is 4.77. The average molecular weight is 280 g/mol. The Bertz CT molecular complexity index is 842. The molecule has 1 N–H and O–H groups in total. The van der Waals surface area contributed by atoms with E-state index >= 15 is 0 Å². The van der Waals surface area contributed by atoms with Gasteiger partial charge in [-0.3, -0.25) is 4.79 Å². The lowest BCUT2D eigenvalue weighted by Gasteiger charge is -2.03. The van der Waals surface area contributed by atoms with Crippen molar-refractivity contribution >= 4 is 16.8 Å². The van der Waals surface area contributed by atoms with Crippen molar-refractivity contribution in [3.05, 3.63) is 64.4 Å². The van der Waals surface area contributed by atoms with Crippen molar-refractivity contribution in [1.82, 2.24) is 0 Å². The van der Waals surface area contributed by atoms with Gasteiger partial charge in [-0.05, 0) is 38.0 Å². The Morgan fingerprint density at radius 3 is 2.33 bits per heavy atom. The van der Waals surface area contributed by atoms with E-state index in [1.807, 2.05) is 39.0 Å². The molecule has 3 nitrogen and oxygen atoms in total. The van der Waals surface area contributed by atoms with E-state index < -0.39 is 0 Å². The van der Waals surface area contributed by atoms with Crippen LogP contribution in [0.15, 0.2) is 40.8 Å². The van der Waals surface area contributed by atoms with E-state index in [0.29, 0.717) is 16.9 Å². The van der Waals surface area contributed by atoms with Crippen LogP contribution in [-0.4, -0.2) is 10.9 Å². The Morgan fingerprint density at radius 2 is 1.67 bits per heavy atom. The molecule has 0 radical (unpaired) electrons. The number of carbonyl (C=O) groups is 1. The molecule has 1 heterocycles. The van der Waals surface area contributed by atoms with Gasteiger partial charge >= 0.3 is 0 Å². The molecule has 0 unspecified atom stereocenters. The Morgan fingerprint density at radius 1 is 1.00 bits per heavy atom. The number of aryl methyl sites for hydroxylation is 2. The first-order valence-corrected chi connectivity index (χ1v) is 6.82. The monoisotopic (exact) mass is 280 g/mol. The first kappa shape index (κ1) is 13.4. The van der Waals surface area contributed by atoms with E-state index in [2.05, 4.69) is 0 Å². The van der Waals surface area contributed by atoms with Gasteiger partial charge in [-0.25, -0.2) is 0 Å². The predicted octanol–water partition coefficient (Wildman–Crippen LogP) is 4.29. The highest BCUT2D eigenvalue weighted by molar-refractivity contribution is 6.10. The quantitative estimate of drug-likeness (QED) is 0.712. The molecule has 0 aliphatic carbocycles. The summed E-state index contributed by atoms with van der Waals surface area (Å²) in [5.74, 6) is 0.424. The molecule has 0 aliphatic heterocycles. The van der Waals surface area contributed by atoms with Gasteiger partial charge in [-0.15, -0.1) is 0 Å². The van der Waals surface area contributed by atoms with E-state index in [0.717, 1.165) is 22.1 Å². The molecule has 0 fully saturated rings. The minimum Gasteiger partial charge on any atom is -0.508 e. The van der Waals surface area contributed by atoms with Gasteiger partial charge in [0.2, 0.25) is 5.78 Å². The third-order valence-corrected chi connectivity index (χ3v) is 4.00. The molecule has 0 saturated carbocycles. The number of rotatable bonds is 2. The first-order valence-electron chi connectivity index (χ1n) is 6.82. The van der Waals surface area contributed by atoms with E-state index in [1.54, 1.807) is 18.2 Å². The Labute approximate surface area is 122 Å². The van der Waals surface area contributed by atoms with Crippen LogP contribution in [0.1, 0.15) is 32.8 Å². The molecule has 21 heavy (non-hydrogen) atoms. The van der Waals surface area contributed by atoms with Crippen LogP contribution in [0.4, 0.5) is 0 Å². The first-order chi connectivity index (χ1) is 10.0. The number of hydrogen-bond donors (Lipinski definition) is 1. The number of phenolic OH excluding ortho intramolecular Hbond substituents is 1. The van der Waals surface area contributed by atoms with E-state index in [4.69, 9.17) is 4.42 Å². The zero-order valence-electron chi connectivity index (χ0n) is 12.2. The second-order valence-corrected chi connectivity index (χ2v) is 5.27. The maximum absolute atomic E-state index is 12.6. The van der Waals surface area contributed by atoms with Gasteiger partial charge in [0.15, 0.2) is 5.76 Å². The highest BCUT2D eigenvalue weighted by Gasteiger charge is 2.21. The molecule has 106 valence electrons. The topological polar surface area (TPSA) is 50.4 Å². The standard InChI is InChI=1S/C18H16O3/c1-10-11(2)17-14(9-15(10)19)12(3)18(21-17)16(20)13-7-5-4-6-8-13/h4-9,19H,1-3H3. The molecule has 3 rings (SSSR count). The number of fused-ring (bicyclic) bond motifs is 1. The minimum atomic E-state index is -0.138. The van der Waals surface area contributed by atoms with Crippen LogP contribution in [0, 0.1) is 20.8 Å². The fourth-order valence-electron chi connectivity index (χ4n) is 2.52. The van der Waals surface area contributed by atoms with Gasteiger partial charge in [0.25, 0.3) is 0 Å². The molecule has 0 aliphatic rings. The summed E-state index contributed by atoms with van der Waals surface area (Å²) in [5.41, 5.74) is 3.66. The maximum atomic E-state index is 12.6. The molecule has 0 spiro atoms. The van der Waals surface area contributed by atoms with Crippen LogP contribution in [0.25, 0.3) is 11.0 Å². The molecular formula is C18H16O3. The zero-order chi connectivity index (χ0) is 15.1. The van der Waals surface area contributed by atoms with Crippen molar-refractivity contribution in [3.63, 3.8) is 0 Å². The average Bonchev–Trinajstić information content (AvgIpc) is 2.82. The lowest BCUT2D eigenvalue weighted by atomic mass is 10.0. The fraction of sp³-hybridized carbons (Fsp3) is 0.167. The van der Waals surface area contributed by atoms with Gasteiger partial charge in [-0.2, -0.15) is 0 Å². The largest absolute Gasteiger partial charge is 0.508 e. The number of phenols is 1. The van der Waals surface area contributed by atoms with Crippen LogP contribution in [-0.2, 0) is 0 Å². The zero-order valence-corrected chi connectivity index (χ0v) is 12.2. The molecule has 0 amide bonds. The number of ketones is 1. The number of furan rings is 1. The Balaban J connectivity index is 2.24. The van der Waals surface area contributed by atoms with Gasteiger partial charge in [-0.1, -0.05) is 30.3 Å². The van der Waals surface area contributed by atoms with Crippen LogP contribution < -0.4 is 0 Å². The molecule has 3 heteroatoms. The van der Waals surface area contributed by atoms with Gasteiger partial charge in [0, 0.05) is 16.5 Å². The number of benzene rings is 2. The van der Waals surface area contributed by atoms with Crippen LogP contribution in [0.5, 0.6) is 5.75 Å². The van der Waals surface area contributed by atoms with Gasteiger partial charge in [0.1, 0.15) is 11.3 Å². The summed E-state index contributed by atoms with van der Waals surface area (Å²) in [4.78, 5) is 12.6. The summed E-state index contributed by atoms with van der Waals surface area (Å²) in [6.07, 6.45) is 0. The van der Waals surface area contributed by atoms with E-state index in [1.165, 1.54) is 0 Å². The Hall–Kier alpha value is -2.55. The smallest absolute Gasteiger partial charge is 0.228 e. The fourth-order valence-corrected chi connectivity index (χ4v) is 2.52. The number of aromatic hydroxyl groups is 1. The highest BCUT2D eigenvalue weighted by atomic mass is 16.3. The van der Waals surface area contributed by atoms with Crippen molar-refractivity contribution in [2.45, 2.75) is 20.8 Å². The maximum Gasteiger partial charge on any atom is 0.228 e. The lowest BCUT2D eigenvalue weighted by molar-refractivity contribution is 0.101. The van der Waals surface area contributed by atoms with Crippen molar-refractivity contribution in [3.8, 4) is 5.75 Å². The molecule has 3 aromatic rings. The van der Waals surface area contributed by atoms with Crippen molar-refractivity contribution < 1.29 is 14.3 Å². The molecular weight excluding hydrogens is 264 g/mol. The number of carbonyl (C=O) groups excluding carboxylic acids is 1. The second-order valence-electron chi connectivity index (χ2n) is 5.27. The number of hydrogen-bond acceptors (Lipinski definition) is 3. The van der Waals surface area contributed by atoms with Crippen LogP contribution >= 0.6 is 0 Å². The highest BCUT2D eigenvalue weighted by Crippen LogP contribution is 2.35. The summed E-state index contributed by atoms with van der Waals surface area (Å²) >= 11 is 0. The summed E-state index contributed by atoms with van der Waals surface area (Å²) in [7, 11) is 0. The van der Waals surface area contributed by atoms with Crippen molar-refractivity contribution in [2.24, 2.45) is 0 Å². The van der Waals surface area contributed by atoms with Crippen LogP contribution in [0.2, 0.25) is 0 Å². The minimum absolute atomic E-state index is 0.138. The molecule has 0 atom stereocenters. The molecule has 1 aromatic heterocycles. The van der Waals surface area contributed by atoms with E-state index in [-0.39, 0.29) is 11.5 Å². The van der Waals surface area contributed by atoms with Crippen LogP contribution in [0.3, 0.4) is 0 Å². The molecule has 0 bridgehead atoms.